The van der Waals surface area contributed by atoms with Crippen LogP contribution in [0.4, 0.5) is 0 Å². The van der Waals surface area contributed by atoms with Crippen LogP contribution in [0, 0.1) is 0 Å². The van der Waals surface area contributed by atoms with Gasteiger partial charge in [0.25, 0.3) is 0 Å². The Morgan fingerprint density at radius 2 is 2.08 bits per heavy atom. The van der Waals surface area contributed by atoms with Gasteiger partial charge in [-0.2, -0.15) is 0 Å². The predicted octanol–water partition coefficient (Wildman–Crippen LogP) is 2.36. The highest BCUT2D eigenvalue weighted by molar-refractivity contribution is 7.11. The van der Waals surface area contributed by atoms with E-state index in [4.69, 9.17) is 13.9 Å². The Morgan fingerprint density at radius 3 is 2.88 bits per heavy atom. The lowest BCUT2D eigenvalue weighted by Crippen LogP contribution is -2.17. The number of aryl methyl sites for hydroxylation is 1. The van der Waals surface area contributed by atoms with Crippen molar-refractivity contribution in [1.82, 2.24) is 9.55 Å². The molecule has 3 rings (SSSR count). The van der Waals surface area contributed by atoms with Gasteiger partial charge in [0.1, 0.15) is 6.61 Å². The van der Waals surface area contributed by atoms with Crippen LogP contribution in [0.15, 0.2) is 38.9 Å². The fraction of sp³-hybridized carbons (Fsp3) is 0.294. The number of carbonyl (C=O) groups excluding carboxylic acids is 2. The van der Waals surface area contributed by atoms with Gasteiger partial charge in [-0.05, 0) is 19.1 Å². The van der Waals surface area contributed by atoms with Crippen molar-refractivity contribution in [1.29, 1.82) is 0 Å². The molecular formula is C17H16N2O6S. The van der Waals surface area contributed by atoms with Crippen LogP contribution in [0.5, 0.6) is 0 Å². The van der Waals surface area contributed by atoms with Crippen LogP contribution >= 0.6 is 11.3 Å². The summed E-state index contributed by atoms with van der Waals surface area (Å²) in [4.78, 5) is 39.4. The highest BCUT2D eigenvalue weighted by Crippen LogP contribution is 2.14. The normalized spacial score (nSPS) is 10.8. The molecule has 8 nitrogen and oxygen atoms in total. The largest absolute Gasteiger partial charge is 0.461 e. The third-order valence-electron chi connectivity index (χ3n) is 3.50. The molecule has 2 aromatic heterocycles. The molecule has 0 amide bonds. The summed E-state index contributed by atoms with van der Waals surface area (Å²) in [5.74, 6) is -1.49. The Kier molecular flexibility index (Phi) is 5.47. The van der Waals surface area contributed by atoms with Gasteiger partial charge in [-0.25, -0.2) is 14.6 Å². The number of fused-ring (bicyclic) bond motifs is 1. The molecule has 0 aliphatic heterocycles. The minimum Gasteiger partial charge on any atom is -0.461 e. The molecule has 0 radical (unpaired) electrons. The number of hydrogen-bond donors (Lipinski definition) is 0. The van der Waals surface area contributed by atoms with Crippen molar-refractivity contribution in [3.05, 3.63) is 50.9 Å². The number of aromatic nitrogens is 2. The fourth-order valence-corrected chi connectivity index (χ4v) is 3.01. The van der Waals surface area contributed by atoms with E-state index in [9.17, 15) is 14.4 Å². The van der Waals surface area contributed by atoms with Crippen molar-refractivity contribution in [2.45, 2.75) is 26.5 Å². The van der Waals surface area contributed by atoms with Gasteiger partial charge < -0.3 is 13.9 Å². The first-order valence-electron chi connectivity index (χ1n) is 7.94. The van der Waals surface area contributed by atoms with Crippen molar-refractivity contribution in [2.75, 3.05) is 6.61 Å². The molecule has 9 heteroatoms. The lowest BCUT2D eigenvalue weighted by molar-refractivity contribution is -0.145. The van der Waals surface area contributed by atoms with E-state index in [1.165, 1.54) is 4.57 Å². The summed E-state index contributed by atoms with van der Waals surface area (Å²) >= 11 is 1.13. The van der Waals surface area contributed by atoms with Gasteiger partial charge in [0.05, 0.1) is 24.2 Å². The number of rotatable bonds is 7. The van der Waals surface area contributed by atoms with Crippen LogP contribution in [-0.2, 0) is 27.4 Å². The second kappa shape index (κ2) is 7.96. The zero-order chi connectivity index (χ0) is 18.5. The third kappa shape index (κ3) is 3.99. The molecule has 0 atom stereocenters. The van der Waals surface area contributed by atoms with E-state index in [1.54, 1.807) is 36.6 Å². The smallest absolute Gasteiger partial charge is 0.419 e. The number of thiazole rings is 1. The van der Waals surface area contributed by atoms with E-state index in [2.05, 4.69) is 4.98 Å². The first-order valence-corrected chi connectivity index (χ1v) is 8.82. The van der Waals surface area contributed by atoms with Crippen LogP contribution in [-0.4, -0.2) is 28.1 Å². The number of hydrogen-bond acceptors (Lipinski definition) is 8. The molecule has 1 aromatic carbocycles. The first kappa shape index (κ1) is 17.9. The van der Waals surface area contributed by atoms with Crippen LogP contribution < -0.4 is 5.76 Å². The highest BCUT2D eigenvalue weighted by atomic mass is 32.1. The second-order valence-electron chi connectivity index (χ2n) is 5.26. The predicted molar refractivity (Wildman–Crippen MR) is 93.0 cm³/mol. The number of carbonyl (C=O) groups is 2. The zero-order valence-electron chi connectivity index (χ0n) is 14.0. The molecule has 0 fully saturated rings. The maximum absolute atomic E-state index is 11.9. The maximum atomic E-state index is 11.9. The molecule has 136 valence electrons. The monoisotopic (exact) mass is 376 g/mol. The van der Waals surface area contributed by atoms with Crippen molar-refractivity contribution in [3.63, 3.8) is 0 Å². The number of esters is 2. The molecule has 26 heavy (non-hydrogen) atoms. The summed E-state index contributed by atoms with van der Waals surface area (Å²) in [6.45, 7) is 2.09. The molecule has 0 spiro atoms. The molecule has 0 aliphatic rings. The second-order valence-corrected chi connectivity index (χ2v) is 6.12. The molecule has 0 saturated carbocycles. The number of ether oxygens (including phenoxy) is 2. The zero-order valence-corrected chi connectivity index (χ0v) is 14.8. The van der Waals surface area contributed by atoms with Crippen molar-refractivity contribution >= 4 is 34.4 Å². The SMILES string of the molecule is CCOC(=O)c1nc(COC(=O)CCn2c(=O)oc3ccccc32)cs1. The van der Waals surface area contributed by atoms with Gasteiger partial charge in [-0.3, -0.25) is 9.36 Å². The Bertz CT molecular complexity index is 986. The minimum atomic E-state index is -0.516. The summed E-state index contributed by atoms with van der Waals surface area (Å²) in [5, 5.41) is 1.85. The van der Waals surface area contributed by atoms with Crippen LogP contribution in [0.3, 0.4) is 0 Å². The van der Waals surface area contributed by atoms with E-state index in [-0.39, 0.29) is 31.2 Å². The van der Waals surface area contributed by atoms with Gasteiger partial charge in [0.15, 0.2) is 5.58 Å². The van der Waals surface area contributed by atoms with E-state index >= 15 is 0 Å². The quantitative estimate of drug-likeness (QED) is 0.584. The molecule has 0 bridgehead atoms. The number of para-hydroxylation sites is 2. The Morgan fingerprint density at radius 1 is 1.27 bits per heavy atom. The number of oxazole rings is 1. The van der Waals surface area contributed by atoms with Gasteiger partial charge in [-0.1, -0.05) is 12.1 Å². The average Bonchev–Trinajstić information content (AvgIpc) is 3.22. The Balaban J connectivity index is 1.54. The summed E-state index contributed by atoms with van der Waals surface area (Å²) in [6.07, 6.45) is 0.0122. The third-order valence-corrected chi connectivity index (χ3v) is 4.37. The van der Waals surface area contributed by atoms with Crippen molar-refractivity contribution in [2.24, 2.45) is 0 Å². The van der Waals surface area contributed by atoms with Gasteiger partial charge in [-0.15, -0.1) is 11.3 Å². The first-order chi connectivity index (χ1) is 12.6. The van der Waals surface area contributed by atoms with E-state index < -0.39 is 17.7 Å². The number of benzene rings is 1. The van der Waals surface area contributed by atoms with Gasteiger partial charge >= 0.3 is 17.7 Å². The number of nitrogens with zero attached hydrogens (tertiary/aromatic N) is 2. The molecule has 3 aromatic rings. The molecule has 2 heterocycles. The topological polar surface area (TPSA) is 101 Å². The van der Waals surface area contributed by atoms with Crippen LogP contribution in [0.1, 0.15) is 28.8 Å². The molecule has 0 aliphatic carbocycles. The lowest BCUT2D eigenvalue weighted by Gasteiger charge is -2.04. The van der Waals surface area contributed by atoms with E-state index in [0.29, 0.717) is 16.8 Å². The fourth-order valence-electron chi connectivity index (χ4n) is 2.32. The summed E-state index contributed by atoms with van der Waals surface area (Å²) in [6, 6.07) is 6.99. The van der Waals surface area contributed by atoms with Crippen molar-refractivity contribution in [3.8, 4) is 0 Å². The summed E-state index contributed by atoms with van der Waals surface area (Å²) in [5.41, 5.74) is 1.57. The van der Waals surface area contributed by atoms with E-state index in [1.807, 2.05) is 0 Å². The van der Waals surface area contributed by atoms with Crippen molar-refractivity contribution < 1.29 is 23.5 Å². The van der Waals surface area contributed by atoms with Crippen LogP contribution in [0.25, 0.3) is 11.1 Å². The standard InChI is InChI=1S/C17H16N2O6S/c1-2-23-16(21)15-18-11(10-26-15)9-24-14(20)7-8-19-12-5-3-4-6-13(12)25-17(19)22/h3-6,10H,2,7-9H2,1H3. The lowest BCUT2D eigenvalue weighted by atomic mass is 10.3. The highest BCUT2D eigenvalue weighted by Gasteiger charge is 2.14. The minimum absolute atomic E-state index is 0.0122. The average molecular weight is 376 g/mol. The molecule has 0 unspecified atom stereocenters. The van der Waals surface area contributed by atoms with E-state index in [0.717, 1.165) is 11.3 Å². The molecule has 0 N–H and O–H groups in total. The maximum Gasteiger partial charge on any atom is 0.419 e. The Labute approximate surface area is 152 Å². The summed E-state index contributed by atoms with van der Waals surface area (Å²) < 4.78 is 16.5. The molecular weight excluding hydrogens is 360 g/mol. The Hall–Kier alpha value is -2.94. The van der Waals surface area contributed by atoms with Gasteiger partial charge in [0, 0.05) is 11.9 Å². The summed E-state index contributed by atoms with van der Waals surface area (Å²) in [7, 11) is 0. The molecule has 0 saturated heterocycles. The van der Waals surface area contributed by atoms with Gasteiger partial charge in [0.2, 0.25) is 5.01 Å². The van der Waals surface area contributed by atoms with Crippen LogP contribution in [0.2, 0.25) is 0 Å².